The molecule has 2 amide bonds. The van der Waals surface area contributed by atoms with Gasteiger partial charge in [0.1, 0.15) is 0 Å². The van der Waals surface area contributed by atoms with E-state index in [2.05, 4.69) is 5.32 Å². The molecule has 2 aliphatic carbocycles. The fraction of sp³-hybridized carbons (Fsp3) is 0.900. The van der Waals surface area contributed by atoms with Crippen LogP contribution in [0.2, 0.25) is 0 Å². The van der Waals surface area contributed by atoms with Crippen LogP contribution in [-0.2, 0) is 0 Å². The highest BCUT2D eigenvalue weighted by atomic mass is 16.2. The molecule has 3 N–H and O–H groups in total. The zero-order valence-corrected chi connectivity index (χ0v) is 8.28. The zero-order chi connectivity index (χ0) is 9.71. The van der Waals surface area contributed by atoms with Gasteiger partial charge in [-0.25, -0.2) is 4.79 Å². The maximum absolute atomic E-state index is 11.8. The molecule has 2 saturated carbocycles. The van der Waals surface area contributed by atoms with Gasteiger partial charge in [0, 0.05) is 24.7 Å². The van der Waals surface area contributed by atoms with Crippen molar-refractivity contribution in [3.05, 3.63) is 0 Å². The molecule has 0 spiro atoms. The van der Waals surface area contributed by atoms with Gasteiger partial charge >= 0.3 is 6.03 Å². The van der Waals surface area contributed by atoms with Crippen molar-refractivity contribution >= 4 is 6.03 Å². The van der Waals surface area contributed by atoms with Crippen molar-refractivity contribution in [1.82, 2.24) is 10.2 Å². The molecule has 78 valence electrons. The topological polar surface area (TPSA) is 58.4 Å². The number of fused-ring (bicyclic) bond motifs is 1. The second-order valence-electron chi connectivity index (χ2n) is 4.87. The Balaban J connectivity index is 1.57. The summed E-state index contributed by atoms with van der Waals surface area (Å²) in [5.41, 5.74) is 5.91. The summed E-state index contributed by atoms with van der Waals surface area (Å²) in [6.45, 7) is 0.879. The summed E-state index contributed by atoms with van der Waals surface area (Å²) in [4.78, 5) is 13.7. The number of nitrogens with two attached hydrogens (primary N) is 1. The molecule has 2 aliphatic heterocycles. The van der Waals surface area contributed by atoms with E-state index in [9.17, 15) is 4.79 Å². The van der Waals surface area contributed by atoms with Gasteiger partial charge in [-0.3, -0.25) is 0 Å². The maximum atomic E-state index is 11.8. The molecule has 4 aliphatic rings. The van der Waals surface area contributed by atoms with E-state index in [1.165, 1.54) is 6.42 Å². The Morgan fingerprint density at radius 3 is 2.64 bits per heavy atom. The van der Waals surface area contributed by atoms with E-state index in [1.54, 1.807) is 0 Å². The van der Waals surface area contributed by atoms with E-state index in [4.69, 9.17) is 5.73 Å². The number of nitrogens with one attached hydrogen (secondary N) is 1. The Kier molecular flexibility index (Phi) is 1.74. The molecule has 4 rings (SSSR count). The average Bonchev–Trinajstić information content (AvgIpc) is 2.66. The van der Waals surface area contributed by atoms with E-state index in [-0.39, 0.29) is 12.1 Å². The quantitative estimate of drug-likeness (QED) is 0.631. The molecule has 14 heavy (non-hydrogen) atoms. The summed E-state index contributed by atoms with van der Waals surface area (Å²) in [6.07, 6.45) is 4.69. The molecular weight excluding hydrogens is 178 g/mol. The zero-order valence-electron chi connectivity index (χ0n) is 8.28. The molecule has 4 fully saturated rings. The van der Waals surface area contributed by atoms with Gasteiger partial charge in [-0.05, 0) is 31.6 Å². The van der Waals surface area contributed by atoms with Crippen LogP contribution in [0.1, 0.15) is 25.7 Å². The second kappa shape index (κ2) is 2.86. The Morgan fingerprint density at radius 1 is 1.43 bits per heavy atom. The number of carbonyl (C=O) groups excluding carboxylic acids is 1. The lowest BCUT2D eigenvalue weighted by molar-refractivity contribution is 0.175. The first kappa shape index (κ1) is 8.53. The van der Waals surface area contributed by atoms with Crippen LogP contribution in [-0.4, -0.2) is 35.6 Å². The van der Waals surface area contributed by atoms with Crippen molar-refractivity contribution in [2.24, 2.45) is 11.7 Å². The van der Waals surface area contributed by atoms with E-state index < -0.39 is 0 Å². The lowest BCUT2D eigenvalue weighted by atomic mass is 9.81. The van der Waals surface area contributed by atoms with Gasteiger partial charge in [0.05, 0.1) is 0 Å². The van der Waals surface area contributed by atoms with Crippen LogP contribution in [0.3, 0.4) is 0 Å². The lowest BCUT2D eigenvalue weighted by Crippen LogP contribution is -2.54. The molecular formula is C10H17N3O. The van der Waals surface area contributed by atoms with Crippen LogP contribution < -0.4 is 11.1 Å². The van der Waals surface area contributed by atoms with E-state index in [1.807, 2.05) is 4.90 Å². The number of urea groups is 1. The minimum Gasteiger partial charge on any atom is -0.335 e. The van der Waals surface area contributed by atoms with E-state index >= 15 is 0 Å². The monoisotopic (exact) mass is 195 g/mol. The Hall–Kier alpha value is -0.770. The third-order valence-corrected chi connectivity index (χ3v) is 4.06. The van der Waals surface area contributed by atoms with Crippen LogP contribution in [0.15, 0.2) is 0 Å². The largest absolute Gasteiger partial charge is 0.335 e. The van der Waals surface area contributed by atoms with Gasteiger partial charge < -0.3 is 16.0 Å². The smallest absolute Gasteiger partial charge is 0.317 e. The Labute approximate surface area is 83.8 Å². The van der Waals surface area contributed by atoms with Gasteiger partial charge in [-0.1, -0.05) is 0 Å². The predicted octanol–water partition coefficient (Wildman–Crippen LogP) is 0.280. The summed E-state index contributed by atoms with van der Waals surface area (Å²) in [7, 11) is 0. The summed E-state index contributed by atoms with van der Waals surface area (Å²) < 4.78 is 0. The van der Waals surface area contributed by atoms with Crippen molar-refractivity contribution in [3.8, 4) is 0 Å². The highest BCUT2D eigenvalue weighted by molar-refractivity contribution is 5.76. The second-order valence-corrected chi connectivity index (χ2v) is 4.87. The van der Waals surface area contributed by atoms with Crippen molar-refractivity contribution in [2.45, 2.75) is 43.8 Å². The number of hydrogen-bond donors (Lipinski definition) is 2. The van der Waals surface area contributed by atoms with Crippen molar-refractivity contribution < 1.29 is 4.79 Å². The standard InChI is InChI=1S/C10H17N3O/c11-9-6-4-8(9)13(5-6)10(14)12-7-2-1-3-7/h6-9H,1-5,11H2,(H,12,14). The predicted molar refractivity (Wildman–Crippen MR) is 52.7 cm³/mol. The fourth-order valence-electron chi connectivity index (χ4n) is 2.71. The highest BCUT2D eigenvalue weighted by Crippen LogP contribution is 2.39. The summed E-state index contributed by atoms with van der Waals surface area (Å²) in [6, 6.07) is 1.15. The number of rotatable bonds is 1. The van der Waals surface area contributed by atoms with Crippen molar-refractivity contribution in [1.29, 1.82) is 0 Å². The van der Waals surface area contributed by atoms with Gasteiger partial charge in [0.25, 0.3) is 0 Å². The number of nitrogens with zero attached hydrogens (tertiary/aromatic N) is 1. The molecule has 4 nitrogen and oxygen atoms in total. The van der Waals surface area contributed by atoms with Crippen molar-refractivity contribution in [3.63, 3.8) is 0 Å². The molecule has 0 radical (unpaired) electrons. The highest BCUT2D eigenvalue weighted by Gasteiger charge is 2.52. The molecule has 0 aromatic rings. The molecule has 4 heteroatoms. The Morgan fingerprint density at radius 2 is 2.21 bits per heavy atom. The van der Waals surface area contributed by atoms with Gasteiger partial charge in [0.15, 0.2) is 0 Å². The molecule has 2 heterocycles. The lowest BCUT2D eigenvalue weighted by Gasteiger charge is -2.34. The Bertz CT molecular complexity index is 264. The first-order chi connectivity index (χ1) is 6.75. The van der Waals surface area contributed by atoms with Crippen LogP contribution in [0.5, 0.6) is 0 Å². The van der Waals surface area contributed by atoms with Gasteiger partial charge in [0.2, 0.25) is 0 Å². The molecule has 2 bridgehead atoms. The minimum absolute atomic E-state index is 0.121. The normalized spacial score (nSPS) is 40.4. The summed E-state index contributed by atoms with van der Waals surface area (Å²) >= 11 is 0. The van der Waals surface area contributed by atoms with Crippen LogP contribution in [0.25, 0.3) is 0 Å². The summed E-state index contributed by atoms with van der Waals surface area (Å²) in [5.74, 6) is 0.576. The van der Waals surface area contributed by atoms with E-state index in [0.29, 0.717) is 18.0 Å². The SMILES string of the molecule is NC1C2CC1N(C(=O)NC1CCC1)C2. The van der Waals surface area contributed by atoms with E-state index in [0.717, 1.165) is 25.8 Å². The number of amides is 2. The number of carbonyl (C=O) groups is 1. The molecule has 0 aromatic heterocycles. The average molecular weight is 195 g/mol. The maximum Gasteiger partial charge on any atom is 0.317 e. The van der Waals surface area contributed by atoms with Crippen LogP contribution in [0, 0.1) is 5.92 Å². The molecule has 3 atom stereocenters. The third kappa shape index (κ3) is 1.06. The molecule has 0 aromatic carbocycles. The van der Waals surface area contributed by atoms with Crippen LogP contribution in [0.4, 0.5) is 4.79 Å². The minimum atomic E-state index is 0.121. The van der Waals surface area contributed by atoms with Gasteiger partial charge in [-0.2, -0.15) is 0 Å². The van der Waals surface area contributed by atoms with Gasteiger partial charge in [-0.15, -0.1) is 0 Å². The summed E-state index contributed by atoms with van der Waals surface area (Å²) in [5, 5.41) is 3.07. The van der Waals surface area contributed by atoms with Crippen molar-refractivity contribution in [2.75, 3.05) is 6.54 Å². The fourth-order valence-corrected chi connectivity index (χ4v) is 2.71. The van der Waals surface area contributed by atoms with Crippen LogP contribution >= 0.6 is 0 Å². The first-order valence-electron chi connectivity index (χ1n) is 5.58. The molecule has 2 saturated heterocycles. The third-order valence-electron chi connectivity index (χ3n) is 4.06. The molecule has 3 unspecified atom stereocenters. The first-order valence-corrected chi connectivity index (χ1v) is 5.58. The number of hydrogen-bond acceptors (Lipinski definition) is 2.